The van der Waals surface area contributed by atoms with Gasteiger partial charge in [-0.3, -0.25) is 0 Å². The molecule has 0 aromatic heterocycles. The van der Waals surface area contributed by atoms with Crippen LogP contribution in [0.3, 0.4) is 0 Å². The molecule has 1 spiro atoms. The van der Waals surface area contributed by atoms with Crippen molar-refractivity contribution in [3.05, 3.63) is 53.6 Å². The molecule has 2 aromatic rings. The smallest absolute Gasteiger partial charge is 0.200 e. The SMILES string of the molecule is COc1ccc(C2=NN3[C@H](C2)c2ccccc2OC32CCN(C(C)C)CC2)cc1OC. The van der Waals surface area contributed by atoms with E-state index in [1.807, 2.05) is 12.1 Å². The van der Waals surface area contributed by atoms with Gasteiger partial charge in [0.1, 0.15) is 5.75 Å². The maximum absolute atomic E-state index is 6.72. The summed E-state index contributed by atoms with van der Waals surface area (Å²) in [6.45, 7) is 6.57. The topological polar surface area (TPSA) is 46.5 Å². The first kappa shape index (κ1) is 20.2. The van der Waals surface area contributed by atoms with Crippen LogP contribution in [0, 0.1) is 0 Å². The number of fused-ring (bicyclic) bond motifs is 4. The number of hydrogen-bond donors (Lipinski definition) is 0. The number of benzene rings is 2. The molecule has 0 bridgehead atoms. The number of likely N-dealkylation sites (tertiary alicyclic amines) is 1. The summed E-state index contributed by atoms with van der Waals surface area (Å²) in [5.74, 6) is 2.46. The van der Waals surface area contributed by atoms with Gasteiger partial charge in [0, 0.05) is 49.5 Å². The Labute approximate surface area is 184 Å². The minimum Gasteiger partial charge on any atom is -0.493 e. The molecule has 6 nitrogen and oxygen atoms in total. The highest BCUT2D eigenvalue weighted by atomic mass is 16.5. The fourth-order valence-electron chi connectivity index (χ4n) is 5.14. The van der Waals surface area contributed by atoms with Crippen molar-refractivity contribution < 1.29 is 14.2 Å². The standard InChI is InChI=1S/C25H31N3O3/c1-17(2)27-13-11-25(12-14-27)28-21(19-7-5-6-8-22(19)31-25)16-20(26-28)18-9-10-23(29-3)24(15-18)30-4/h5-10,15,17,21H,11-14,16H2,1-4H3/t21-/m1/s1. The van der Waals surface area contributed by atoms with Gasteiger partial charge >= 0.3 is 0 Å². The summed E-state index contributed by atoms with van der Waals surface area (Å²) in [6.07, 6.45) is 2.74. The van der Waals surface area contributed by atoms with Crippen molar-refractivity contribution in [1.82, 2.24) is 9.91 Å². The molecule has 6 heteroatoms. The molecular weight excluding hydrogens is 390 g/mol. The molecule has 164 valence electrons. The Hall–Kier alpha value is -2.73. The monoisotopic (exact) mass is 421 g/mol. The summed E-state index contributed by atoms with van der Waals surface area (Å²) in [5.41, 5.74) is 2.97. The predicted molar refractivity (Wildman–Crippen MR) is 121 cm³/mol. The number of methoxy groups -OCH3 is 2. The van der Waals surface area contributed by atoms with Crippen molar-refractivity contribution in [2.75, 3.05) is 27.3 Å². The zero-order valence-electron chi connectivity index (χ0n) is 18.8. The van der Waals surface area contributed by atoms with Crippen LogP contribution in [-0.2, 0) is 0 Å². The van der Waals surface area contributed by atoms with Crippen molar-refractivity contribution in [2.45, 2.75) is 50.9 Å². The van der Waals surface area contributed by atoms with Crippen molar-refractivity contribution in [3.63, 3.8) is 0 Å². The van der Waals surface area contributed by atoms with Crippen LogP contribution in [0.4, 0.5) is 0 Å². The normalized spacial score (nSPS) is 22.0. The molecule has 0 radical (unpaired) electrons. The van der Waals surface area contributed by atoms with E-state index >= 15 is 0 Å². The molecular formula is C25H31N3O3. The quantitative estimate of drug-likeness (QED) is 0.730. The highest BCUT2D eigenvalue weighted by molar-refractivity contribution is 6.02. The molecule has 1 fully saturated rings. The third-order valence-corrected chi connectivity index (χ3v) is 6.93. The van der Waals surface area contributed by atoms with Gasteiger partial charge in [-0.2, -0.15) is 5.10 Å². The minimum atomic E-state index is -0.386. The van der Waals surface area contributed by atoms with Gasteiger partial charge in [-0.25, -0.2) is 5.01 Å². The Balaban J connectivity index is 1.52. The highest BCUT2D eigenvalue weighted by Crippen LogP contribution is 2.50. The second-order valence-corrected chi connectivity index (χ2v) is 8.90. The van der Waals surface area contributed by atoms with E-state index < -0.39 is 0 Å². The first-order chi connectivity index (χ1) is 15.0. The molecule has 3 aliphatic heterocycles. The molecule has 0 aliphatic carbocycles. The highest BCUT2D eigenvalue weighted by Gasteiger charge is 2.51. The van der Waals surface area contributed by atoms with E-state index in [4.69, 9.17) is 19.3 Å². The molecule has 3 heterocycles. The molecule has 0 N–H and O–H groups in total. The van der Waals surface area contributed by atoms with Crippen LogP contribution in [0.5, 0.6) is 17.2 Å². The first-order valence-electron chi connectivity index (χ1n) is 11.2. The fourth-order valence-corrected chi connectivity index (χ4v) is 5.14. The van der Waals surface area contributed by atoms with E-state index in [1.54, 1.807) is 14.2 Å². The lowest BCUT2D eigenvalue weighted by Gasteiger charge is -2.51. The van der Waals surface area contributed by atoms with E-state index in [0.29, 0.717) is 6.04 Å². The van der Waals surface area contributed by atoms with Gasteiger partial charge in [-0.05, 0) is 38.1 Å². The lowest BCUT2D eigenvalue weighted by molar-refractivity contribution is -0.152. The van der Waals surface area contributed by atoms with E-state index in [0.717, 1.165) is 60.9 Å². The Kier molecular flexibility index (Phi) is 5.05. The summed E-state index contributed by atoms with van der Waals surface area (Å²) in [7, 11) is 3.33. The molecule has 3 aliphatic rings. The van der Waals surface area contributed by atoms with Crippen LogP contribution < -0.4 is 14.2 Å². The number of hydrogen-bond acceptors (Lipinski definition) is 6. The lowest BCUT2D eigenvalue weighted by Crippen LogP contribution is -2.59. The Morgan fingerprint density at radius 3 is 2.48 bits per heavy atom. The number of para-hydroxylation sites is 1. The molecule has 2 aromatic carbocycles. The number of ether oxygens (including phenoxy) is 3. The minimum absolute atomic E-state index is 0.193. The van der Waals surface area contributed by atoms with Gasteiger partial charge in [0.15, 0.2) is 11.5 Å². The third-order valence-electron chi connectivity index (χ3n) is 6.93. The summed E-state index contributed by atoms with van der Waals surface area (Å²) >= 11 is 0. The third kappa shape index (κ3) is 3.33. The summed E-state index contributed by atoms with van der Waals surface area (Å²) in [4.78, 5) is 2.53. The molecule has 0 amide bonds. The van der Waals surface area contributed by atoms with Crippen LogP contribution in [0.25, 0.3) is 0 Å². The zero-order chi connectivity index (χ0) is 21.6. The Morgan fingerprint density at radius 2 is 1.77 bits per heavy atom. The van der Waals surface area contributed by atoms with Crippen molar-refractivity contribution >= 4 is 5.71 Å². The lowest BCUT2D eigenvalue weighted by atomic mass is 9.90. The van der Waals surface area contributed by atoms with Crippen molar-refractivity contribution in [3.8, 4) is 17.2 Å². The first-order valence-corrected chi connectivity index (χ1v) is 11.2. The molecule has 0 unspecified atom stereocenters. The second-order valence-electron chi connectivity index (χ2n) is 8.90. The predicted octanol–water partition coefficient (Wildman–Crippen LogP) is 4.45. The molecule has 31 heavy (non-hydrogen) atoms. The van der Waals surface area contributed by atoms with Gasteiger partial charge < -0.3 is 19.1 Å². The van der Waals surface area contributed by atoms with Gasteiger partial charge in [-0.15, -0.1) is 0 Å². The van der Waals surface area contributed by atoms with Crippen LogP contribution in [0.15, 0.2) is 47.6 Å². The van der Waals surface area contributed by atoms with Gasteiger partial charge in [0.2, 0.25) is 5.72 Å². The van der Waals surface area contributed by atoms with E-state index in [1.165, 1.54) is 5.56 Å². The van der Waals surface area contributed by atoms with Crippen LogP contribution in [0.2, 0.25) is 0 Å². The Bertz CT molecular complexity index is 995. The fraction of sp³-hybridized carbons (Fsp3) is 0.480. The maximum atomic E-state index is 6.72. The van der Waals surface area contributed by atoms with Crippen molar-refractivity contribution in [2.24, 2.45) is 5.10 Å². The van der Waals surface area contributed by atoms with E-state index in [9.17, 15) is 0 Å². The average molecular weight is 422 g/mol. The van der Waals surface area contributed by atoms with Crippen molar-refractivity contribution in [1.29, 1.82) is 0 Å². The van der Waals surface area contributed by atoms with Crippen LogP contribution in [-0.4, -0.2) is 54.7 Å². The zero-order valence-corrected chi connectivity index (χ0v) is 18.8. The number of piperidine rings is 1. The van der Waals surface area contributed by atoms with E-state index in [-0.39, 0.29) is 11.8 Å². The van der Waals surface area contributed by atoms with Crippen LogP contribution >= 0.6 is 0 Å². The Morgan fingerprint density at radius 1 is 1.03 bits per heavy atom. The molecule has 0 saturated carbocycles. The molecule has 1 saturated heterocycles. The number of nitrogens with zero attached hydrogens (tertiary/aromatic N) is 3. The number of hydrazone groups is 1. The van der Waals surface area contributed by atoms with Gasteiger partial charge in [0.25, 0.3) is 0 Å². The molecule has 1 atom stereocenters. The molecule has 5 rings (SSSR count). The summed E-state index contributed by atoms with van der Waals surface area (Å²) in [6, 6.07) is 15.2. The number of rotatable bonds is 4. The van der Waals surface area contributed by atoms with Gasteiger partial charge in [0.05, 0.1) is 26.0 Å². The largest absolute Gasteiger partial charge is 0.493 e. The van der Waals surface area contributed by atoms with Crippen LogP contribution in [0.1, 0.15) is 50.3 Å². The summed E-state index contributed by atoms with van der Waals surface area (Å²) < 4.78 is 17.7. The second kappa shape index (κ2) is 7.75. The summed E-state index contributed by atoms with van der Waals surface area (Å²) in [5, 5.41) is 7.43. The average Bonchev–Trinajstić information content (AvgIpc) is 3.26. The van der Waals surface area contributed by atoms with Gasteiger partial charge in [-0.1, -0.05) is 18.2 Å². The maximum Gasteiger partial charge on any atom is 0.200 e. The van der Waals surface area contributed by atoms with E-state index in [2.05, 4.69) is 54.1 Å².